The van der Waals surface area contributed by atoms with Gasteiger partial charge in [0.2, 0.25) is 0 Å². The van der Waals surface area contributed by atoms with E-state index in [1.165, 1.54) is 24.3 Å². The molecule has 1 fully saturated rings. The Morgan fingerprint density at radius 2 is 2.00 bits per heavy atom. The van der Waals surface area contributed by atoms with Crippen LogP contribution in [0, 0.1) is 0 Å². The smallest absolute Gasteiger partial charge is 0.338 e. The van der Waals surface area contributed by atoms with Gasteiger partial charge in [0.05, 0.1) is 0 Å². The van der Waals surface area contributed by atoms with E-state index in [1.54, 1.807) is 0 Å². The number of benzene rings is 1. The van der Waals surface area contributed by atoms with E-state index in [0.29, 0.717) is 5.56 Å². The second-order valence-electron chi connectivity index (χ2n) is 5.12. The van der Waals surface area contributed by atoms with Gasteiger partial charge in [-0.1, -0.05) is 6.07 Å². The number of aliphatic hydroxyl groups excluding tert-OH is 3. The molecule has 1 aliphatic rings. The summed E-state index contributed by atoms with van der Waals surface area (Å²) in [6, 6.07) is 3.92. The van der Waals surface area contributed by atoms with Gasteiger partial charge in [-0.25, -0.2) is 9.59 Å². The van der Waals surface area contributed by atoms with E-state index in [2.05, 4.69) is 4.74 Å². The third kappa shape index (κ3) is 4.02. The van der Waals surface area contributed by atoms with Gasteiger partial charge in [-0.15, -0.1) is 0 Å². The zero-order chi connectivity index (χ0) is 17.9. The minimum absolute atomic E-state index is 0.301. The molecule has 24 heavy (non-hydrogen) atoms. The van der Waals surface area contributed by atoms with E-state index < -0.39 is 43.0 Å². The van der Waals surface area contributed by atoms with Crippen LogP contribution in [0.3, 0.4) is 0 Å². The Labute approximate surface area is 136 Å². The summed E-state index contributed by atoms with van der Waals surface area (Å²) in [6.45, 7) is -0.564. The largest absolute Gasteiger partial charge is 0.504 e. The lowest BCUT2D eigenvalue weighted by atomic mass is 10.1. The van der Waals surface area contributed by atoms with Crippen molar-refractivity contribution in [3.8, 4) is 11.5 Å². The highest BCUT2D eigenvalue weighted by Gasteiger charge is 2.46. The van der Waals surface area contributed by atoms with Crippen LogP contribution in [0.15, 0.2) is 24.3 Å². The summed E-state index contributed by atoms with van der Waals surface area (Å²) in [5.41, 5.74) is 0.422. The number of hydrogen-bond acceptors (Lipinski definition) is 9. The summed E-state index contributed by atoms with van der Waals surface area (Å²) in [5, 5.41) is 47.0. The number of phenolic OH excluding ortho intramolecular Hbond substituents is 2. The summed E-state index contributed by atoms with van der Waals surface area (Å²) in [4.78, 5) is 22.6. The number of phenols is 2. The molecule has 4 atom stereocenters. The first kappa shape index (κ1) is 17.7. The number of carbonyl (C=O) groups is 2. The van der Waals surface area contributed by atoms with Crippen molar-refractivity contribution in [1.82, 2.24) is 0 Å². The van der Waals surface area contributed by atoms with Gasteiger partial charge in [-0.05, 0) is 23.8 Å². The summed E-state index contributed by atoms with van der Waals surface area (Å²) in [5.74, 6) is -2.55. The molecule has 5 N–H and O–H groups in total. The van der Waals surface area contributed by atoms with Crippen molar-refractivity contribution in [2.75, 3.05) is 6.61 Å². The van der Waals surface area contributed by atoms with Crippen molar-refractivity contribution in [3.63, 3.8) is 0 Å². The van der Waals surface area contributed by atoms with Gasteiger partial charge >= 0.3 is 11.9 Å². The van der Waals surface area contributed by atoms with E-state index in [0.717, 1.165) is 6.08 Å². The normalized spacial score (nSPS) is 24.8. The van der Waals surface area contributed by atoms with E-state index >= 15 is 0 Å². The van der Waals surface area contributed by atoms with E-state index in [9.17, 15) is 30.0 Å². The molecule has 2 rings (SSSR count). The standard InChI is InChI=1S/C15H16O9/c16-8-3-1-7(5-9(8)17)2-4-11(19)23-6-10(18)14-12(20)13(21)15(22)24-14/h1-5,10,12-14,16-18,20-21H,6H2/b4-2+/t10-,12-,13-,14-/m1/s1. The van der Waals surface area contributed by atoms with Gasteiger partial charge in [0.25, 0.3) is 0 Å². The van der Waals surface area contributed by atoms with Crippen LogP contribution in [0.2, 0.25) is 0 Å². The predicted molar refractivity (Wildman–Crippen MR) is 77.7 cm³/mol. The highest BCUT2D eigenvalue weighted by atomic mass is 16.6. The maximum Gasteiger partial charge on any atom is 0.338 e. The highest BCUT2D eigenvalue weighted by molar-refractivity contribution is 5.87. The Morgan fingerprint density at radius 1 is 1.29 bits per heavy atom. The number of hydrogen-bond donors (Lipinski definition) is 5. The van der Waals surface area contributed by atoms with Crippen LogP contribution in [0.5, 0.6) is 11.5 Å². The third-order valence-corrected chi connectivity index (χ3v) is 3.34. The SMILES string of the molecule is O=C(/C=C/c1ccc(O)c(O)c1)OC[C@@H](O)[C@H]1OC(=O)[C@H](O)[C@H]1O. The molecule has 0 bridgehead atoms. The quantitative estimate of drug-likeness (QED) is 0.249. The molecular weight excluding hydrogens is 324 g/mol. The fourth-order valence-electron chi connectivity index (χ4n) is 2.02. The van der Waals surface area contributed by atoms with E-state index in [-0.39, 0.29) is 11.5 Å². The van der Waals surface area contributed by atoms with Gasteiger partial charge in [-0.3, -0.25) is 0 Å². The monoisotopic (exact) mass is 340 g/mol. The van der Waals surface area contributed by atoms with Gasteiger partial charge in [0, 0.05) is 6.08 Å². The molecule has 9 heteroatoms. The minimum Gasteiger partial charge on any atom is -0.504 e. The average molecular weight is 340 g/mol. The molecule has 0 aliphatic carbocycles. The van der Waals surface area contributed by atoms with Gasteiger partial charge < -0.3 is 35.0 Å². The van der Waals surface area contributed by atoms with Crippen LogP contribution in [0.25, 0.3) is 6.08 Å². The first-order valence-electron chi connectivity index (χ1n) is 6.91. The maximum absolute atomic E-state index is 11.5. The van der Waals surface area contributed by atoms with Crippen molar-refractivity contribution >= 4 is 18.0 Å². The summed E-state index contributed by atoms with van der Waals surface area (Å²) < 4.78 is 9.32. The number of aromatic hydroxyl groups is 2. The van der Waals surface area contributed by atoms with Crippen molar-refractivity contribution in [2.45, 2.75) is 24.4 Å². The van der Waals surface area contributed by atoms with Crippen LogP contribution in [0.4, 0.5) is 0 Å². The summed E-state index contributed by atoms with van der Waals surface area (Å²) >= 11 is 0. The lowest BCUT2D eigenvalue weighted by Crippen LogP contribution is -2.41. The fraction of sp³-hybridized carbons (Fsp3) is 0.333. The van der Waals surface area contributed by atoms with Crippen molar-refractivity contribution in [1.29, 1.82) is 0 Å². The molecule has 0 saturated carbocycles. The van der Waals surface area contributed by atoms with Crippen molar-refractivity contribution < 1.29 is 44.6 Å². The molecule has 0 amide bonds. The molecule has 0 unspecified atom stereocenters. The van der Waals surface area contributed by atoms with E-state index in [1.807, 2.05) is 0 Å². The Hall–Kier alpha value is -2.62. The number of ether oxygens (including phenoxy) is 2. The van der Waals surface area contributed by atoms with Crippen LogP contribution < -0.4 is 0 Å². The van der Waals surface area contributed by atoms with Gasteiger partial charge in [0.1, 0.15) is 18.8 Å². The van der Waals surface area contributed by atoms with Crippen molar-refractivity contribution in [3.05, 3.63) is 29.8 Å². The van der Waals surface area contributed by atoms with Crippen molar-refractivity contribution in [2.24, 2.45) is 0 Å². The molecule has 0 aromatic heterocycles. The summed E-state index contributed by atoms with van der Waals surface area (Å²) in [7, 11) is 0. The van der Waals surface area contributed by atoms with Crippen LogP contribution in [-0.4, -0.2) is 68.5 Å². The highest BCUT2D eigenvalue weighted by Crippen LogP contribution is 2.25. The Bertz CT molecular complexity index is 654. The Morgan fingerprint density at radius 3 is 2.58 bits per heavy atom. The predicted octanol–water partition coefficient (Wildman–Crippen LogP) is -1.34. The number of esters is 2. The molecule has 1 heterocycles. The second-order valence-corrected chi connectivity index (χ2v) is 5.12. The number of cyclic esters (lactones) is 1. The Kier molecular flexibility index (Phi) is 5.39. The first-order chi connectivity index (χ1) is 11.3. The molecule has 9 nitrogen and oxygen atoms in total. The molecule has 130 valence electrons. The molecule has 1 saturated heterocycles. The Balaban J connectivity index is 1.85. The lowest BCUT2D eigenvalue weighted by Gasteiger charge is -2.19. The zero-order valence-corrected chi connectivity index (χ0v) is 12.3. The fourth-order valence-corrected chi connectivity index (χ4v) is 2.02. The third-order valence-electron chi connectivity index (χ3n) is 3.34. The van der Waals surface area contributed by atoms with Gasteiger partial charge in [0.15, 0.2) is 23.7 Å². The van der Waals surface area contributed by atoms with Crippen LogP contribution in [0.1, 0.15) is 5.56 Å². The van der Waals surface area contributed by atoms with Crippen LogP contribution >= 0.6 is 0 Å². The van der Waals surface area contributed by atoms with Crippen LogP contribution in [-0.2, 0) is 19.1 Å². The maximum atomic E-state index is 11.5. The molecular formula is C15H16O9. The lowest BCUT2D eigenvalue weighted by molar-refractivity contribution is -0.154. The topological polar surface area (TPSA) is 154 Å². The molecule has 1 aromatic carbocycles. The molecule has 1 aromatic rings. The van der Waals surface area contributed by atoms with Gasteiger partial charge in [-0.2, -0.15) is 0 Å². The summed E-state index contributed by atoms with van der Waals surface area (Å²) in [6.07, 6.45) is -3.93. The first-order valence-corrected chi connectivity index (χ1v) is 6.91. The number of rotatable bonds is 5. The van der Waals surface area contributed by atoms with E-state index in [4.69, 9.17) is 9.84 Å². The zero-order valence-electron chi connectivity index (χ0n) is 12.3. The molecule has 1 aliphatic heterocycles. The molecule has 0 radical (unpaired) electrons. The molecule has 0 spiro atoms. The number of carbonyl (C=O) groups excluding carboxylic acids is 2. The average Bonchev–Trinajstić information content (AvgIpc) is 2.81. The number of aliphatic hydroxyl groups is 3. The minimum atomic E-state index is -1.75. The second kappa shape index (κ2) is 7.30.